The molecule has 1 heterocycles. The molecule has 1 aromatic heterocycles. The Hall–Kier alpha value is -1.13. The lowest BCUT2D eigenvalue weighted by Gasteiger charge is -2.30. The molecule has 1 aromatic rings. The standard InChI is InChI=1S/C15H27N3O/c1-6-18(13(4)11-19-5)15-7-8-16-14(9-15)10-17-12(2)3/h7-9,12-13,17H,6,10-11H2,1-5H3. The third-order valence-corrected chi connectivity index (χ3v) is 3.10. The van der Waals surface area contributed by atoms with Crippen LogP contribution in [0.2, 0.25) is 0 Å². The smallest absolute Gasteiger partial charge is 0.0663 e. The van der Waals surface area contributed by atoms with Gasteiger partial charge in [0.05, 0.1) is 12.3 Å². The third kappa shape index (κ3) is 5.17. The Morgan fingerprint density at radius 2 is 2.11 bits per heavy atom. The second kappa shape index (κ2) is 8.12. The third-order valence-electron chi connectivity index (χ3n) is 3.10. The molecular formula is C15H27N3O. The summed E-state index contributed by atoms with van der Waals surface area (Å²) in [7, 11) is 1.74. The molecule has 0 aromatic carbocycles. The van der Waals surface area contributed by atoms with Gasteiger partial charge >= 0.3 is 0 Å². The monoisotopic (exact) mass is 265 g/mol. The van der Waals surface area contributed by atoms with Crippen LogP contribution in [0.5, 0.6) is 0 Å². The molecule has 19 heavy (non-hydrogen) atoms. The number of pyridine rings is 1. The van der Waals surface area contributed by atoms with Crippen LogP contribution in [0.15, 0.2) is 18.3 Å². The number of nitrogens with zero attached hydrogens (tertiary/aromatic N) is 2. The van der Waals surface area contributed by atoms with Crippen LogP contribution in [-0.4, -0.2) is 37.3 Å². The van der Waals surface area contributed by atoms with Gasteiger partial charge < -0.3 is 15.0 Å². The van der Waals surface area contributed by atoms with Gasteiger partial charge in [-0.15, -0.1) is 0 Å². The number of hydrogen-bond donors (Lipinski definition) is 1. The molecule has 0 saturated carbocycles. The molecule has 0 aliphatic carbocycles. The van der Waals surface area contributed by atoms with Crippen LogP contribution in [0.25, 0.3) is 0 Å². The fraction of sp³-hybridized carbons (Fsp3) is 0.667. The molecule has 108 valence electrons. The van der Waals surface area contributed by atoms with Gasteiger partial charge in [0.1, 0.15) is 0 Å². The summed E-state index contributed by atoms with van der Waals surface area (Å²) in [5.41, 5.74) is 2.29. The van der Waals surface area contributed by atoms with E-state index in [-0.39, 0.29) is 0 Å². The van der Waals surface area contributed by atoms with E-state index in [1.165, 1.54) is 5.69 Å². The molecule has 0 fully saturated rings. The molecule has 4 heteroatoms. The molecule has 0 saturated heterocycles. The Kier molecular flexibility index (Phi) is 6.81. The van der Waals surface area contributed by atoms with Crippen LogP contribution >= 0.6 is 0 Å². The summed E-state index contributed by atoms with van der Waals surface area (Å²) in [6.45, 7) is 11.1. The van der Waals surface area contributed by atoms with E-state index in [4.69, 9.17) is 4.74 Å². The zero-order chi connectivity index (χ0) is 14.3. The second-order valence-electron chi connectivity index (χ2n) is 5.13. The number of ether oxygens (including phenoxy) is 1. The molecule has 0 spiro atoms. The van der Waals surface area contributed by atoms with Crippen molar-refractivity contribution in [3.63, 3.8) is 0 Å². The molecular weight excluding hydrogens is 238 g/mol. The van der Waals surface area contributed by atoms with E-state index in [2.05, 4.69) is 55.0 Å². The van der Waals surface area contributed by atoms with Crippen LogP contribution in [0.1, 0.15) is 33.4 Å². The van der Waals surface area contributed by atoms with Crippen molar-refractivity contribution >= 4 is 5.69 Å². The first-order chi connectivity index (χ1) is 9.08. The minimum Gasteiger partial charge on any atom is -0.383 e. The lowest BCUT2D eigenvalue weighted by atomic mass is 10.2. The maximum atomic E-state index is 5.25. The van der Waals surface area contributed by atoms with E-state index in [0.717, 1.165) is 25.4 Å². The highest BCUT2D eigenvalue weighted by Crippen LogP contribution is 2.17. The first-order valence-electron chi connectivity index (χ1n) is 7.02. The van der Waals surface area contributed by atoms with Crippen LogP contribution in [0.3, 0.4) is 0 Å². The highest BCUT2D eigenvalue weighted by molar-refractivity contribution is 5.47. The fourth-order valence-electron chi connectivity index (χ4n) is 2.13. The zero-order valence-electron chi connectivity index (χ0n) is 12.8. The second-order valence-corrected chi connectivity index (χ2v) is 5.13. The van der Waals surface area contributed by atoms with Crippen LogP contribution < -0.4 is 10.2 Å². The summed E-state index contributed by atoms with van der Waals surface area (Å²) in [4.78, 5) is 6.75. The van der Waals surface area contributed by atoms with Crippen molar-refractivity contribution in [3.05, 3.63) is 24.0 Å². The highest BCUT2D eigenvalue weighted by atomic mass is 16.5. The van der Waals surface area contributed by atoms with E-state index < -0.39 is 0 Å². The Morgan fingerprint density at radius 3 is 2.68 bits per heavy atom. The molecule has 0 bridgehead atoms. The predicted molar refractivity (Wildman–Crippen MR) is 80.6 cm³/mol. The van der Waals surface area contributed by atoms with E-state index in [1.54, 1.807) is 7.11 Å². The minimum absolute atomic E-state index is 0.364. The first kappa shape index (κ1) is 15.9. The topological polar surface area (TPSA) is 37.4 Å². The van der Waals surface area contributed by atoms with Crippen molar-refractivity contribution in [2.75, 3.05) is 25.2 Å². The molecule has 4 nitrogen and oxygen atoms in total. The maximum absolute atomic E-state index is 5.25. The Bertz CT molecular complexity index is 368. The summed E-state index contributed by atoms with van der Waals surface area (Å²) in [5.74, 6) is 0. The molecule has 1 unspecified atom stereocenters. The molecule has 0 aliphatic rings. The lowest BCUT2D eigenvalue weighted by Crippen LogP contribution is -2.36. The van der Waals surface area contributed by atoms with Gasteiger partial charge in [-0.2, -0.15) is 0 Å². The van der Waals surface area contributed by atoms with Gasteiger partial charge in [0, 0.05) is 44.2 Å². The summed E-state index contributed by atoms with van der Waals surface area (Å²) in [6.07, 6.45) is 1.88. The molecule has 1 rings (SSSR count). The first-order valence-corrected chi connectivity index (χ1v) is 7.02. The van der Waals surface area contributed by atoms with Gasteiger partial charge in [-0.05, 0) is 26.0 Å². The summed E-state index contributed by atoms with van der Waals surface area (Å²) in [5, 5.41) is 3.39. The molecule has 1 N–H and O–H groups in total. The van der Waals surface area contributed by atoms with Crippen molar-refractivity contribution in [2.24, 2.45) is 0 Å². The van der Waals surface area contributed by atoms with Gasteiger partial charge in [0.15, 0.2) is 0 Å². The Morgan fingerprint density at radius 1 is 1.37 bits per heavy atom. The molecule has 0 amide bonds. The lowest BCUT2D eigenvalue weighted by molar-refractivity contribution is 0.182. The van der Waals surface area contributed by atoms with Crippen molar-refractivity contribution in [2.45, 2.75) is 46.3 Å². The van der Waals surface area contributed by atoms with Crippen molar-refractivity contribution in [3.8, 4) is 0 Å². The predicted octanol–water partition coefficient (Wildman–Crippen LogP) is 2.44. The molecule has 0 aliphatic heterocycles. The van der Waals surface area contributed by atoms with E-state index in [9.17, 15) is 0 Å². The number of hydrogen-bond acceptors (Lipinski definition) is 4. The summed E-state index contributed by atoms with van der Waals surface area (Å²) < 4.78 is 5.25. The number of likely N-dealkylation sites (N-methyl/N-ethyl adjacent to an activating group) is 1. The van der Waals surface area contributed by atoms with Crippen molar-refractivity contribution in [1.82, 2.24) is 10.3 Å². The van der Waals surface area contributed by atoms with Crippen LogP contribution in [0.4, 0.5) is 5.69 Å². The summed E-state index contributed by atoms with van der Waals surface area (Å²) >= 11 is 0. The zero-order valence-corrected chi connectivity index (χ0v) is 12.8. The van der Waals surface area contributed by atoms with E-state index in [0.29, 0.717) is 12.1 Å². The number of methoxy groups -OCH3 is 1. The largest absolute Gasteiger partial charge is 0.383 e. The quantitative estimate of drug-likeness (QED) is 0.783. The summed E-state index contributed by atoms with van der Waals surface area (Å²) in [6, 6.07) is 5.06. The van der Waals surface area contributed by atoms with Gasteiger partial charge in [-0.3, -0.25) is 4.98 Å². The van der Waals surface area contributed by atoms with E-state index in [1.807, 2.05) is 6.20 Å². The number of anilines is 1. The van der Waals surface area contributed by atoms with Crippen molar-refractivity contribution in [1.29, 1.82) is 0 Å². The van der Waals surface area contributed by atoms with Gasteiger partial charge in [0.25, 0.3) is 0 Å². The van der Waals surface area contributed by atoms with Gasteiger partial charge in [-0.1, -0.05) is 13.8 Å². The number of rotatable bonds is 8. The fourth-order valence-corrected chi connectivity index (χ4v) is 2.13. The highest BCUT2D eigenvalue weighted by Gasteiger charge is 2.13. The van der Waals surface area contributed by atoms with Crippen molar-refractivity contribution < 1.29 is 4.74 Å². The van der Waals surface area contributed by atoms with Gasteiger partial charge in [0.2, 0.25) is 0 Å². The minimum atomic E-state index is 0.364. The van der Waals surface area contributed by atoms with Crippen LogP contribution in [-0.2, 0) is 11.3 Å². The molecule has 1 atom stereocenters. The molecule has 0 radical (unpaired) electrons. The Labute approximate surface area is 117 Å². The van der Waals surface area contributed by atoms with Gasteiger partial charge in [-0.25, -0.2) is 0 Å². The van der Waals surface area contributed by atoms with E-state index >= 15 is 0 Å². The number of nitrogens with one attached hydrogen (secondary N) is 1. The Balaban J connectivity index is 2.77. The van der Waals surface area contributed by atoms with Crippen LogP contribution in [0, 0.1) is 0 Å². The average molecular weight is 265 g/mol. The number of aromatic nitrogens is 1. The average Bonchev–Trinajstić information content (AvgIpc) is 2.38. The SMILES string of the molecule is CCN(c1ccnc(CNC(C)C)c1)C(C)COC. The maximum Gasteiger partial charge on any atom is 0.0663 e. The normalized spacial score (nSPS) is 12.7.